The smallest absolute Gasteiger partial charge is 0.310 e. The number of benzene rings is 2. The number of amides is 1. The van der Waals surface area contributed by atoms with E-state index in [1.807, 2.05) is 18.2 Å². The van der Waals surface area contributed by atoms with Crippen molar-refractivity contribution in [2.75, 3.05) is 37.5 Å². The first kappa shape index (κ1) is 25.0. The maximum atomic E-state index is 13.0. The van der Waals surface area contributed by atoms with Gasteiger partial charge in [-0.1, -0.05) is 6.07 Å². The number of anilines is 2. The van der Waals surface area contributed by atoms with Gasteiger partial charge in [-0.3, -0.25) is 14.9 Å². The highest BCUT2D eigenvalue weighted by atomic mass is 16.6. The van der Waals surface area contributed by atoms with Crippen LogP contribution in [0.15, 0.2) is 53.7 Å². The topological polar surface area (TPSA) is 115 Å². The molecular formula is C28H32N4O5. The third-order valence-corrected chi connectivity index (χ3v) is 7.31. The monoisotopic (exact) mass is 504 g/mol. The van der Waals surface area contributed by atoms with Crippen molar-refractivity contribution in [3.8, 4) is 5.75 Å². The highest BCUT2D eigenvalue weighted by Crippen LogP contribution is 2.38. The quantitative estimate of drug-likeness (QED) is 0.263. The summed E-state index contributed by atoms with van der Waals surface area (Å²) in [6.07, 6.45) is 6.61. The first-order valence-electron chi connectivity index (χ1n) is 12.8. The number of ether oxygens (including phenoxy) is 2. The molecule has 37 heavy (non-hydrogen) atoms. The van der Waals surface area contributed by atoms with Gasteiger partial charge in [0.2, 0.25) is 0 Å². The number of nitro groups is 1. The number of fused-ring (bicyclic) bond motifs is 1. The van der Waals surface area contributed by atoms with Crippen molar-refractivity contribution in [2.24, 2.45) is 5.92 Å². The number of nitro benzene ring substituents is 1. The van der Waals surface area contributed by atoms with Gasteiger partial charge in [-0.25, -0.2) is 0 Å². The zero-order valence-electron chi connectivity index (χ0n) is 21.0. The molecule has 0 bridgehead atoms. The fourth-order valence-corrected chi connectivity index (χ4v) is 5.16. The molecule has 9 nitrogen and oxygen atoms in total. The maximum absolute atomic E-state index is 13.0. The lowest BCUT2D eigenvalue weighted by atomic mass is 9.90. The van der Waals surface area contributed by atoms with Gasteiger partial charge in [-0.05, 0) is 91.6 Å². The Labute approximate surface area is 216 Å². The van der Waals surface area contributed by atoms with Crippen molar-refractivity contribution < 1.29 is 19.2 Å². The normalized spacial score (nSPS) is 17.6. The molecule has 0 aromatic heterocycles. The summed E-state index contributed by atoms with van der Waals surface area (Å²) in [6, 6.07) is 10.9. The Hall–Kier alpha value is -3.69. The van der Waals surface area contributed by atoms with Gasteiger partial charge in [0, 0.05) is 37.1 Å². The molecule has 2 aliphatic heterocycles. The average molecular weight is 505 g/mol. The van der Waals surface area contributed by atoms with Gasteiger partial charge in [0.15, 0.2) is 5.75 Å². The predicted octanol–water partition coefficient (Wildman–Crippen LogP) is 5.01. The summed E-state index contributed by atoms with van der Waals surface area (Å²) >= 11 is 0. The van der Waals surface area contributed by atoms with E-state index < -0.39 is 4.92 Å². The molecule has 9 heteroatoms. The van der Waals surface area contributed by atoms with Gasteiger partial charge >= 0.3 is 5.69 Å². The maximum Gasteiger partial charge on any atom is 0.310 e. The Morgan fingerprint density at radius 1 is 1.11 bits per heavy atom. The Balaban J connectivity index is 1.31. The van der Waals surface area contributed by atoms with E-state index in [9.17, 15) is 14.9 Å². The van der Waals surface area contributed by atoms with Crippen LogP contribution in [-0.4, -0.2) is 37.7 Å². The van der Waals surface area contributed by atoms with Crippen LogP contribution in [0, 0.1) is 16.0 Å². The summed E-state index contributed by atoms with van der Waals surface area (Å²) in [5.41, 5.74) is 5.93. The van der Waals surface area contributed by atoms with Crippen LogP contribution in [-0.2, 0) is 16.1 Å². The van der Waals surface area contributed by atoms with Gasteiger partial charge in [-0.2, -0.15) is 0 Å². The molecule has 3 aliphatic rings. The highest BCUT2D eigenvalue weighted by Gasteiger charge is 2.26. The molecule has 2 heterocycles. The number of carbonyl (C=O) groups excluding carboxylic acids is 1. The minimum atomic E-state index is -0.454. The third kappa shape index (κ3) is 5.68. The van der Waals surface area contributed by atoms with Crippen LogP contribution in [0.3, 0.4) is 0 Å². The van der Waals surface area contributed by atoms with Gasteiger partial charge in [-0.15, -0.1) is 0 Å². The minimum Gasteiger partial charge on any atom is -0.490 e. The van der Waals surface area contributed by atoms with Gasteiger partial charge in [0.25, 0.3) is 5.91 Å². The van der Waals surface area contributed by atoms with Crippen LogP contribution in [0.2, 0.25) is 0 Å². The molecule has 1 saturated heterocycles. The summed E-state index contributed by atoms with van der Waals surface area (Å²) in [4.78, 5) is 23.8. The molecule has 0 unspecified atom stereocenters. The van der Waals surface area contributed by atoms with E-state index in [0.29, 0.717) is 18.4 Å². The minimum absolute atomic E-state index is 0.0719. The Bertz CT molecular complexity index is 1260. The van der Waals surface area contributed by atoms with Crippen molar-refractivity contribution >= 4 is 28.5 Å². The van der Waals surface area contributed by atoms with Crippen molar-refractivity contribution in [3.05, 3.63) is 75.0 Å². The number of methoxy groups -OCH3 is 1. The lowest BCUT2D eigenvalue weighted by Crippen LogP contribution is -2.22. The molecule has 0 spiro atoms. The van der Waals surface area contributed by atoms with Crippen LogP contribution in [0.1, 0.15) is 43.2 Å². The van der Waals surface area contributed by atoms with Gasteiger partial charge in [0.1, 0.15) is 0 Å². The standard InChI is InChI=1S/C28H32N4O5/c1-36-27-16-21(4-7-26(27)32(34)35)20-3-5-22-24(15-20)30-25-14-19(2-6-23(25)31-28(22)33)17-29-11-8-18-9-12-37-13-10-18/h2,4,6-7,14-16,18,29-30H,3,5,8-13,17H2,1H3,(H,31,33). The molecular weight excluding hydrogens is 472 g/mol. The number of hydrogen-bond donors (Lipinski definition) is 3. The Morgan fingerprint density at radius 2 is 1.95 bits per heavy atom. The largest absolute Gasteiger partial charge is 0.490 e. The zero-order chi connectivity index (χ0) is 25.8. The van der Waals surface area contributed by atoms with E-state index in [1.54, 1.807) is 12.1 Å². The number of nitrogens with zero attached hydrogens (tertiary/aromatic N) is 1. The lowest BCUT2D eigenvalue weighted by Gasteiger charge is -2.22. The van der Waals surface area contributed by atoms with E-state index in [2.05, 4.69) is 22.0 Å². The van der Waals surface area contributed by atoms with Crippen LogP contribution in [0.5, 0.6) is 5.75 Å². The molecule has 5 rings (SSSR count). The Morgan fingerprint density at radius 3 is 2.73 bits per heavy atom. The molecule has 0 atom stereocenters. The predicted molar refractivity (Wildman–Crippen MR) is 142 cm³/mol. The van der Waals surface area contributed by atoms with Crippen LogP contribution >= 0.6 is 0 Å². The SMILES string of the molecule is COc1cc(C2=CC3=C(CC2)C(=O)Nc2ccc(CNCCC4CCOCC4)cc2N3)ccc1[N+](=O)[O-]. The number of nitrogens with one attached hydrogen (secondary N) is 3. The van der Waals surface area contributed by atoms with Crippen molar-refractivity contribution in [2.45, 2.75) is 38.6 Å². The fraction of sp³-hybridized carbons (Fsp3) is 0.393. The van der Waals surface area contributed by atoms with Crippen molar-refractivity contribution in [1.82, 2.24) is 5.32 Å². The number of allylic oxidation sites excluding steroid dienone is 2. The summed E-state index contributed by atoms with van der Waals surface area (Å²) in [6.45, 7) is 3.46. The van der Waals surface area contributed by atoms with E-state index >= 15 is 0 Å². The molecule has 0 saturated carbocycles. The van der Waals surface area contributed by atoms with Crippen LogP contribution in [0.4, 0.5) is 17.1 Å². The molecule has 3 N–H and O–H groups in total. The number of carbonyl (C=O) groups is 1. The summed E-state index contributed by atoms with van der Waals surface area (Å²) in [5, 5.41) is 21.3. The highest BCUT2D eigenvalue weighted by molar-refractivity contribution is 6.09. The lowest BCUT2D eigenvalue weighted by molar-refractivity contribution is -0.385. The second-order valence-electron chi connectivity index (χ2n) is 9.69. The number of rotatable bonds is 8. The van der Waals surface area contributed by atoms with E-state index in [0.717, 1.165) is 85.3 Å². The molecule has 0 radical (unpaired) electrons. The first-order valence-corrected chi connectivity index (χ1v) is 12.8. The first-order chi connectivity index (χ1) is 18.0. The molecule has 1 fully saturated rings. The van der Waals surface area contributed by atoms with Gasteiger partial charge < -0.3 is 25.4 Å². The van der Waals surface area contributed by atoms with Crippen LogP contribution in [0.25, 0.3) is 5.57 Å². The van der Waals surface area contributed by atoms with E-state index in [4.69, 9.17) is 9.47 Å². The van der Waals surface area contributed by atoms with Crippen LogP contribution < -0.4 is 20.7 Å². The fourth-order valence-electron chi connectivity index (χ4n) is 5.16. The zero-order valence-corrected chi connectivity index (χ0v) is 21.0. The molecule has 1 aliphatic carbocycles. The molecule has 1 amide bonds. The third-order valence-electron chi connectivity index (χ3n) is 7.31. The summed E-state index contributed by atoms with van der Waals surface area (Å²) < 4.78 is 10.7. The summed E-state index contributed by atoms with van der Waals surface area (Å²) in [7, 11) is 1.42. The van der Waals surface area contributed by atoms with Crippen molar-refractivity contribution in [3.63, 3.8) is 0 Å². The second kappa shape index (κ2) is 11.1. The summed E-state index contributed by atoms with van der Waals surface area (Å²) in [5.74, 6) is 0.841. The molecule has 2 aromatic carbocycles. The molecule has 2 aromatic rings. The second-order valence-corrected chi connectivity index (χ2v) is 9.69. The Kier molecular flexibility index (Phi) is 7.52. The number of hydrogen-bond acceptors (Lipinski definition) is 7. The average Bonchev–Trinajstić information content (AvgIpc) is 3.06. The van der Waals surface area contributed by atoms with Crippen molar-refractivity contribution in [1.29, 1.82) is 0 Å². The van der Waals surface area contributed by atoms with E-state index in [-0.39, 0.29) is 17.3 Å². The van der Waals surface area contributed by atoms with Gasteiger partial charge in [0.05, 0.1) is 23.4 Å². The van der Waals surface area contributed by atoms with E-state index in [1.165, 1.54) is 13.2 Å². The molecule has 194 valence electrons.